The molecule has 0 radical (unpaired) electrons. The molecular weight excluding hydrogens is 455 g/mol. The molecule has 168 valence electrons. The van der Waals surface area contributed by atoms with E-state index in [1.54, 1.807) is 6.07 Å². The normalized spacial score (nSPS) is 19.2. The van der Waals surface area contributed by atoms with Gasteiger partial charge in [0.05, 0.1) is 29.3 Å². The minimum atomic E-state index is -0.141. The van der Waals surface area contributed by atoms with E-state index in [1.165, 1.54) is 5.56 Å². The molecule has 0 aromatic heterocycles. The summed E-state index contributed by atoms with van der Waals surface area (Å²) in [7, 11) is 0. The zero-order valence-corrected chi connectivity index (χ0v) is 20.4. The van der Waals surface area contributed by atoms with Crippen molar-refractivity contribution in [3.05, 3.63) is 63.1 Å². The van der Waals surface area contributed by atoms with Gasteiger partial charge in [-0.05, 0) is 48.7 Å². The van der Waals surface area contributed by atoms with Crippen molar-refractivity contribution in [2.24, 2.45) is 11.8 Å². The molecule has 1 heterocycles. The number of hydrogen-bond acceptors (Lipinski definition) is 4. The minimum absolute atomic E-state index is 0.106. The van der Waals surface area contributed by atoms with E-state index in [0.717, 1.165) is 31.9 Å². The Kier molecular flexibility index (Phi) is 8.51. The maximum absolute atomic E-state index is 12.2. The van der Waals surface area contributed by atoms with Crippen LogP contribution < -0.4 is 4.90 Å². The van der Waals surface area contributed by atoms with Gasteiger partial charge in [0, 0.05) is 36.2 Å². The van der Waals surface area contributed by atoms with Gasteiger partial charge in [-0.2, -0.15) is 0 Å². The van der Waals surface area contributed by atoms with E-state index in [2.05, 4.69) is 28.9 Å². The van der Waals surface area contributed by atoms with Crippen molar-refractivity contribution < 1.29 is 9.53 Å². The van der Waals surface area contributed by atoms with Gasteiger partial charge in [0.15, 0.2) is 0 Å². The monoisotopic (exact) mass is 482 g/mol. The van der Waals surface area contributed by atoms with Crippen LogP contribution in [0.3, 0.4) is 0 Å². The summed E-state index contributed by atoms with van der Waals surface area (Å²) in [6.07, 6.45) is 0. The van der Waals surface area contributed by atoms with Crippen molar-refractivity contribution in [3.63, 3.8) is 0 Å². The number of halogens is 3. The summed E-state index contributed by atoms with van der Waals surface area (Å²) >= 11 is 18.8. The average Bonchev–Trinajstić information content (AvgIpc) is 2.74. The number of esters is 1. The second-order valence-electron chi connectivity index (χ2n) is 8.13. The van der Waals surface area contributed by atoms with Crippen LogP contribution in [0.5, 0.6) is 0 Å². The molecule has 0 amide bonds. The molecule has 1 aliphatic heterocycles. The highest BCUT2D eigenvalue weighted by Gasteiger charge is 2.32. The summed E-state index contributed by atoms with van der Waals surface area (Å²) in [5.74, 6) is -0.0795. The third kappa shape index (κ3) is 6.07. The van der Waals surface area contributed by atoms with Gasteiger partial charge in [-0.1, -0.05) is 60.8 Å². The van der Waals surface area contributed by atoms with Crippen LogP contribution in [0.4, 0.5) is 5.69 Å². The van der Waals surface area contributed by atoms with Gasteiger partial charge >= 0.3 is 5.97 Å². The summed E-state index contributed by atoms with van der Waals surface area (Å²) in [5, 5.41) is 1.98. The van der Waals surface area contributed by atoms with Crippen LogP contribution in [0.1, 0.15) is 32.4 Å². The molecule has 3 rings (SSSR count). The Morgan fingerprint density at radius 2 is 1.74 bits per heavy atom. The zero-order chi connectivity index (χ0) is 22.5. The maximum atomic E-state index is 12.2. The molecule has 2 aromatic rings. The number of ether oxygens (including phenoxy) is 1. The summed E-state index contributed by atoms with van der Waals surface area (Å²) in [4.78, 5) is 16.9. The van der Waals surface area contributed by atoms with E-state index in [4.69, 9.17) is 39.5 Å². The standard InChI is InChI=1S/C24H29Cl3N2O2/c1-4-31-24(30)17(3)16(2)14-28-11-12-29(22-10-9-20(26)13-21(22)27)23(15-28)18-5-7-19(25)8-6-18/h5-10,13,16-17,23H,4,11-12,14-15H2,1-3H3. The predicted molar refractivity (Wildman–Crippen MR) is 129 cm³/mol. The van der Waals surface area contributed by atoms with Crippen molar-refractivity contribution >= 4 is 46.5 Å². The molecule has 31 heavy (non-hydrogen) atoms. The molecule has 0 N–H and O–H groups in total. The molecule has 2 aromatic carbocycles. The second kappa shape index (κ2) is 10.9. The van der Waals surface area contributed by atoms with Crippen LogP contribution in [-0.4, -0.2) is 43.7 Å². The van der Waals surface area contributed by atoms with Gasteiger partial charge in [-0.3, -0.25) is 9.69 Å². The van der Waals surface area contributed by atoms with Crippen LogP contribution >= 0.6 is 34.8 Å². The van der Waals surface area contributed by atoms with E-state index < -0.39 is 0 Å². The minimum Gasteiger partial charge on any atom is -0.466 e. The molecule has 4 nitrogen and oxygen atoms in total. The fraction of sp³-hybridized carbons (Fsp3) is 0.458. The molecule has 0 bridgehead atoms. The van der Waals surface area contributed by atoms with Crippen LogP contribution in [0.15, 0.2) is 42.5 Å². The fourth-order valence-corrected chi connectivity index (χ4v) is 4.69. The van der Waals surface area contributed by atoms with E-state index in [9.17, 15) is 4.79 Å². The Bertz CT molecular complexity index is 891. The quantitative estimate of drug-likeness (QED) is 0.430. The van der Waals surface area contributed by atoms with Crippen molar-refractivity contribution in [2.75, 3.05) is 37.7 Å². The highest BCUT2D eigenvalue weighted by molar-refractivity contribution is 6.36. The van der Waals surface area contributed by atoms with Gasteiger partial charge in [0.1, 0.15) is 0 Å². The SMILES string of the molecule is CCOC(=O)C(C)C(C)CN1CCN(c2ccc(Cl)cc2Cl)C(c2ccc(Cl)cc2)C1. The molecule has 0 spiro atoms. The Morgan fingerprint density at radius 3 is 2.39 bits per heavy atom. The largest absolute Gasteiger partial charge is 0.466 e. The first-order valence-electron chi connectivity index (χ1n) is 10.7. The zero-order valence-electron chi connectivity index (χ0n) is 18.2. The van der Waals surface area contributed by atoms with E-state index in [0.29, 0.717) is 21.7 Å². The van der Waals surface area contributed by atoms with Crippen molar-refractivity contribution in [2.45, 2.75) is 26.8 Å². The lowest BCUT2D eigenvalue weighted by Gasteiger charge is -2.44. The summed E-state index contributed by atoms with van der Waals surface area (Å²) in [5.41, 5.74) is 2.14. The number of carbonyl (C=O) groups is 1. The van der Waals surface area contributed by atoms with Crippen molar-refractivity contribution in [1.82, 2.24) is 4.90 Å². The highest BCUT2D eigenvalue weighted by Crippen LogP contribution is 2.37. The summed E-state index contributed by atoms with van der Waals surface area (Å²) < 4.78 is 5.21. The van der Waals surface area contributed by atoms with Crippen LogP contribution in [0.25, 0.3) is 0 Å². The van der Waals surface area contributed by atoms with Gasteiger partial charge in [0.25, 0.3) is 0 Å². The lowest BCUT2D eigenvalue weighted by atomic mass is 9.94. The lowest BCUT2D eigenvalue weighted by molar-refractivity contribution is -0.149. The second-order valence-corrected chi connectivity index (χ2v) is 9.41. The first-order chi connectivity index (χ1) is 14.8. The molecule has 3 atom stereocenters. The van der Waals surface area contributed by atoms with Crippen molar-refractivity contribution in [1.29, 1.82) is 0 Å². The Balaban J connectivity index is 1.81. The molecule has 0 aliphatic carbocycles. The van der Waals surface area contributed by atoms with Crippen LogP contribution in [0, 0.1) is 11.8 Å². The topological polar surface area (TPSA) is 32.8 Å². The number of benzene rings is 2. The number of carbonyl (C=O) groups excluding carboxylic acids is 1. The van der Waals surface area contributed by atoms with E-state index >= 15 is 0 Å². The van der Waals surface area contributed by atoms with Crippen molar-refractivity contribution in [3.8, 4) is 0 Å². The summed E-state index contributed by atoms with van der Waals surface area (Å²) in [6.45, 7) is 9.65. The molecule has 1 saturated heterocycles. The fourth-order valence-electron chi connectivity index (χ4n) is 4.05. The number of rotatable bonds is 7. The molecule has 3 unspecified atom stereocenters. The summed E-state index contributed by atoms with van der Waals surface area (Å²) in [6, 6.07) is 13.7. The number of nitrogens with zero attached hydrogens (tertiary/aromatic N) is 2. The first-order valence-corrected chi connectivity index (χ1v) is 11.8. The average molecular weight is 484 g/mol. The van der Waals surface area contributed by atoms with Gasteiger partial charge in [-0.25, -0.2) is 0 Å². The van der Waals surface area contributed by atoms with E-state index in [-0.39, 0.29) is 23.8 Å². The molecule has 1 fully saturated rings. The van der Waals surface area contributed by atoms with Gasteiger partial charge < -0.3 is 9.64 Å². The Labute approximate surface area is 200 Å². The molecule has 7 heteroatoms. The van der Waals surface area contributed by atoms with E-state index in [1.807, 2.05) is 38.1 Å². The lowest BCUT2D eigenvalue weighted by Crippen LogP contribution is -2.50. The number of anilines is 1. The van der Waals surface area contributed by atoms with Gasteiger partial charge in [0.2, 0.25) is 0 Å². The third-order valence-corrected chi connectivity index (χ3v) is 6.79. The highest BCUT2D eigenvalue weighted by atomic mass is 35.5. The molecule has 1 aliphatic rings. The first kappa shape index (κ1) is 24.2. The molecular formula is C24H29Cl3N2O2. The Morgan fingerprint density at radius 1 is 1.06 bits per heavy atom. The third-order valence-electron chi connectivity index (χ3n) is 6.00. The molecule has 0 saturated carbocycles. The number of hydrogen-bond donors (Lipinski definition) is 0. The maximum Gasteiger partial charge on any atom is 0.308 e. The smallest absolute Gasteiger partial charge is 0.308 e. The number of piperazine rings is 1. The van der Waals surface area contributed by atoms with Crippen LogP contribution in [0.2, 0.25) is 15.1 Å². The van der Waals surface area contributed by atoms with Crippen LogP contribution in [-0.2, 0) is 9.53 Å². The Hall–Kier alpha value is -1.46. The predicted octanol–water partition coefficient (Wildman–Crippen LogP) is 6.35. The van der Waals surface area contributed by atoms with Gasteiger partial charge in [-0.15, -0.1) is 0 Å².